The quantitative estimate of drug-likeness (QED) is 0.742. The smallest absolute Gasteiger partial charge is 0.241 e. The van der Waals surface area contributed by atoms with Gasteiger partial charge < -0.3 is 16.8 Å². The molecule has 0 aliphatic rings. The first kappa shape index (κ1) is 13.5. The van der Waals surface area contributed by atoms with Gasteiger partial charge in [-0.25, -0.2) is 0 Å². The van der Waals surface area contributed by atoms with Crippen molar-refractivity contribution in [1.29, 1.82) is 0 Å². The first-order chi connectivity index (χ1) is 7.90. The lowest BCUT2D eigenvalue weighted by Crippen LogP contribution is -2.39. The van der Waals surface area contributed by atoms with Gasteiger partial charge in [0.25, 0.3) is 0 Å². The van der Waals surface area contributed by atoms with Gasteiger partial charge in [0.15, 0.2) is 0 Å². The highest BCUT2D eigenvalue weighted by molar-refractivity contribution is 6.33. The third kappa shape index (κ3) is 4.05. The number of hydrogen-bond acceptors (Lipinski definition) is 3. The lowest BCUT2D eigenvalue weighted by molar-refractivity contribution is -0.123. The predicted molar refractivity (Wildman–Crippen MR) is 66.6 cm³/mol. The van der Waals surface area contributed by atoms with Gasteiger partial charge in [-0.3, -0.25) is 9.59 Å². The SMILES string of the molecule is Cc1ccc(Cl)c(NC(=O)C(N)CC(N)=O)c1. The number of halogens is 1. The van der Waals surface area contributed by atoms with Gasteiger partial charge in [0.1, 0.15) is 0 Å². The normalized spacial score (nSPS) is 11.9. The summed E-state index contributed by atoms with van der Waals surface area (Å²) in [5.41, 5.74) is 11.9. The number of carbonyl (C=O) groups excluding carboxylic acids is 2. The van der Waals surface area contributed by atoms with Crippen LogP contribution < -0.4 is 16.8 Å². The Hall–Kier alpha value is -1.59. The molecule has 1 unspecified atom stereocenters. The fourth-order valence-corrected chi connectivity index (χ4v) is 1.43. The Bertz CT molecular complexity index is 448. The lowest BCUT2D eigenvalue weighted by Gasteiger charge is -2.12. The van der Waals surface area contributed by atoms with Gasteiger partial charge in [-0.2, -0.15) is 0 Å². The number of anilines is 1. The third-order valence-electron chi connectivity index (χ3n) is 2.14. The zero-order valence-corrected chi connectivity index (χ0v) is 10.1. The van der Waals surface area contributed by atoms with Crippen LogP contribution in [0.4, 0.5) is 5.69 Å². The number of benzene rings is 1. The molecule has 6 heteroatoms. The second kappa shape index (κ2) is 5.65. The van der Waals surface area contributed by atoms with E-state index in [2.05, 4.69) is 5.32 Å². The molecule has 0 radical (unpaired) electrons. The number of aryl methyl sites for hydroxylation is 1. The minimum absolute atomic E-state index is 0.199. The predicted octanol–water partition coefficient (Wildman–Crippen LogP) is 0.790. The topological polar surface area (TPSA) is 98.2 Å². The van der Waals surface area contributed by atoms with Crippen LogP contribution in [-0.2, 0) is 9.59 Å². The summed E-state index contributed by atoms with van der Waals surface area (Å²) >= 11 is 5.90. The standard InChI is InChI=1S/C11H14ClN3O2/c1-6-2-3-7(12)9(4-6)15-11(17)8(13)5-10(14)16/h2-4,8H,5,13H2,1H3,(H2,14,16)(H,15,17). The molecule has 5 nitrogen and oxygen atoms in total. The van der Waals surface area contributed by atoms with E-state index in [1.807, 2.05) is 13.0 Å². The summed E-state index contributed by atoms with van der Waals surface area (Å²) in [6.07, 6.45) is -0.199. The van der Waals surface area contributed by atoms with E-state index in [-0.39, 0.29) is 6.42 Å². The Morgan fingerprint density at radius 2 is 2.12 bits per heavy atom. The van der Waals surface area contributed by atoms with E-state index >= 15 is 0 Å². The van der Waals surface area contributed by atoms with E-state index in [0.29, 0.717) is 10.7 Å². The molecule has 1 rings (SSSR count). The van der Waals surface area contributed by atoms with Crippen LogP contribution >= 0.6 is 11.6 Å². The summed E-state index contributed by atoms with van der Waals surface area (Å²) in [6, 6.07) is 4.24. The molecule has 0 spiro atoms. The average Bonchev–Trinajstić information content (AvgIpc) is 2.22. The van der Waals surface area contributed by atoms with Crippen LogP contribution in [0, 0.1) is 6.92 Å². The van der Waals surface area contributed by atoms with E-state index in [9.17, 15) is 9.59 Å². The number of rotatable bonds is 4. The fraction of sp³-hybridized carbons (Fsp3) is 0.273. The first-order valence-electron chi connectivity index (χ1n) is 5.01. The Balaban J connectivity index is 2.73. The first-order valence-corrected chi connectivity index (χ1v) is 5.39. The lowest BCUT2D eigenvalue weighted by atomic mass is 10.2. The average molecular weight is 256 g/mol. The van der Waals surface area contributed by atoms with Crippen molar-refractivity contribution in [2.24, 2.45) is 11.5 Å². The molecule has 1 atom stereocenters. The second-order valence-corrected chi connectivity index (χ2v) is 4.16. The second-order valence-electron chi connectivity index (χ2n) is 3.75. The molecule has 0 aliphatic carbocycles. The Labute approximate surface area is 104 Å². The van der Waals surface area contributed by atoms with Crippen molar-refractivity contribution in [2.75, 3.05) is 5.32 Å². The van der Waals surface area contributed by atoms with Crippen molar-refractivity contribution < 1.29 is 9.59 Å². The molecule has 5 N–H and O–H groups in total. The Morgan fingerprint density at radius 1 is 1.47 bits per heavy atom. The highest BCUT2D eigenvalue weighted by atomic mass is 35.5. The van der Waals surface area contributed by atoms with Crippen LogP contribution in [0.5, 0.6) is 0 Å². The molecule has 17 heavy (non-hydrogen) atoms. The summed E-state index contributed by atoms with van der Waals surface area (Å²) in [7, 11) is 0. The van der Waals surface area contributed by atoms with Crippen LogP contribution in [-0.4, -0.2) is 17.9 Å². The van der Waals surface area contributed by atoms with Crippen molar-refractivity contribution in [3.63, 3.8) is 0 Å². The molecule has 0 bridgehead atoms. The highest BCUT2D eigenvalue weighted by Crippen LogP contribution is 2.22. The molecule has 0 aliphatic heterocycles. The number of primary amides is 1. The van der Waals surface area contributed by atoms with Crippen molar-refractivity contribution in [1.82, 2.24) is 0 Å². The fourth-order valence-electron chi connectivity index (χ4n) is 1.27. The maximum Gasteiger partial charge on any atom is 0.241 e. The van der Waals surface area contributed by atoms with Crippen LogP contribution in [0.3, 0.4) is 0 Å². The number of nitrogens with two attached hydrogens (primary N) is 2. The molecule has 0 saturated heterocycles. The summed E-state index contributed by atoms with van der Waals surface area (Å²) in [5, 5.41) is 2.96. The van der Waals surface area contributed by atoms with Gasteiger partial charge >= 0.3 is 0 Å². The van der Waals surface area contributed by atoms with E-state index < -0.39 is 17.9 Å². The minimum atomic E-state index is -0.968. The number of amides is 2. The molecular weight excluding hydrogens is 242 g/mol. The number of carbonyl (C=O) groups is 2. The van der Waals surface area contributed by atoms with E-state index in [1.165, 1.54) is 0 Å². The van der Waals surface area contributed by atoms with Gasteiger partial charge in [0.2, 0.25) is 11.8 Å². The van der Waals surface area contributed by atoms with E-state index in [1.54, 1.807) is 12.1 Å². The van der Waals surface area contributed by atoms with Gasteiger partial charge in [-0.15, -0.1) is 0 Å². The molecule has 0 saturated carbocycles. The largest absolute Gasteiger partial charge is 0.370 e. The summed E-state index contributed by atoms with van der Waals surface area (Å²) in [4.78, 5) is 22.2. The van der Waals surface area contributed by atoms with Crippen molar-refractivity contribution >= 4 is 29.1 Å². The summed E-state index contributed by atoms with van der Waals surface area (Å²) in [5.74, 6) is -1.11. The van der Waals surface area contributed by atoms with Crippen molar-refractivity contribution in [3.05, 3.63) is 28.8 Å². The highest BCUT2D eigenvalue weighted by Gasteiger charge is 2.16. The van der Waals surface area contributed by atoms with Crippen molar-refractivity contribution in [3.8, 4) is 0 Å². The van der Waals surface area contributed by atoms with Crippen molar-refractivity contribution in [2.45, 2.75) is 19.4 Å². The zero-order valence-electron chi connectivity index (χ0n) is 9.37. The monoisotopic (exact) mass is 255 g/mol. The Kier molecular flexibility index (Phi) is 4.48. The van der Waals surface area contributed by atoms with Crippen LogP contribution in [0.1, 0.15) is 12.0 Å². The summed E-state index contributed by atoms with van der Waals surface area (Å²) < 4.78 is 0. The van der Waals surface area contributed by atoms with E-state index in [0.717, 1.165) is 5.56 Å². The molecule has 1 aromatic carbocycles. The van der Waals surface area contributed by atoms with Crippen LogP contribution in [0.25, 0.3) is 0 Å². The van der Waals surface area contributed by atoms with Gasteiger partial charge in [-0.1, -0.05) is 17.7 Å². The molecule has 92 valence electrons. The molecular formula is C11H14ClN3O2. The van der Waals surface area contributed by atoms with Gasteiger partial charge in [0.05, 0.1) is 23.2 Å². The minimum Gasteiger partial charge on any atom is -0.370 e. The molecule has 1 aromatic rings. The maximum absolute atomic E-state index is 11.6. The number of nitrogens with one attached hydrogen (secondary N) is 1. The Morgan fingerprint density at radius 3 is 2.71 bits per heavy atom. The van der Waals surface area contributed by atoms with Gasteiger partial charge in [0, 0.05) is 0 Å². The summed E-state index contributed by atoms with van der Waals surface area (Å²) in [6.45, 7) is 1.87. The molecule has 0 aromatic heterocycles. The third-order valence-corrected chi connectivity index (χ3v) is 2.47. The maximum atomic E-state index is 11.6. The molecule has 0 fully saturated rings. The molecule has 0 heterocycles. The molecule has 2 amide bonds. The van der Waals surface area contributed by atoms with Crippen LogP contribution in [0.15, 0.2) is 18.2 Å². The van der Waals surface area contributed by atoms with Crippen LogP contribution in [0.2, 0.25) is 5.02 Å². The van der Waals surface area contributed by atoms with E-state index in [4.69, 9.17) is 23.1 Å². The number of hydrogen-bond donors (Lipinski definition) is 3. The zero-order chi connectivity index (χ0) is 13.0. The van der Waals surface area contributed by atoms with Gasteiger partial charge in [-0.05, 0) is 24.6 Å².